The molecule has 1 atom stereocenters. The van der Waals surface area contributed by atoms with E-state index in [0.717, 1.165) is 16.5 Å². The number of pyridine rings is 1. The maximum atomic E-state index is 12.6. The van der Waals surface area contributed by atoms with Gasteiger partial charge in [-0.2, -0.15) is 0 Å². The van der Waals surface area contributed by atoms with Gasteiger partial charge in [-0.15, -0.1) is 0 Å². The molecule has 4 aromatic rings. The van der Waals surface area contributed by atoms with Crippen LogP contribution in [0.4, 0.5) is 5.69 Å². The molecule has 0 aliphatic carbocycles. The Morgan fingerprint density at radius 3 is 2.73 bits per heavy atom. The van der Waals surface area contributed by atoms with Crippen LogP contribution in [-0.4, -0.2) is 20.9 Å². The predicted molar refractivity (Wildman–Crippen MR) is 96.2 cm³/mol. The standard InChI is InChI=1S/C19H15N5O2/c20-14-7-12-3-1-4-15(17(12)23-10-14)18(16-5-2-6-26-16)24-19(25)13-8-21-11-22-9-13/h1-11,18H,20H2,(H,24,25). The van der Waals surface area contributed by atoms with Crippen LogP contribution in [0, 0.1) is 0 Å². The molecule has 0 aliphatic rings. The minimum Gasteiger partial charge on any atom is -0.467 e. The summed E-state index contributed by atoms with van der Waals surface area (Å²) >= 11 is 0. The number of furan rings is 1. The number of hydrogen-bond acceptors (Lipinski definition) is 6. The fourth-order valence-corrected chi connectivity index (χ4v) is 2.82. The molecule has 4 rings (SSSR count). The Bertz CT molecular complexity index is 1050. The molecule has 3 N–H and O–H groups in total. The summed E-state index contributed by atoms with van der Waals surface area (Å²) in [7, 11) is 0. The minimum absolute atomic E-state index is 0.306. The number of benzene rings is 1. The topological polar surface area (TPSA) is 107 Å². The summed E-state index contributed by atoms with van der Waals surface area (Å²) in [6, 6.07) is 10.6. The Morgan fingerprint density at radius 2 is 1.96 bits per heavy atom. The van der Waals surface area contributed by atoms with Crippen molar-refractivity contribution in [1.82, 2.24) is 20.3 Å². The van der Waals surface area contributed by atoms with E-state index in [1.807, 2.05) is 30.3 Å². The number of rotatable bonds is 4. The van der Waals surface area contributed by atoms with E-state index in [0.29, 0.717) is 17.0 Å². The molecule has 3 heterocycles. The largest absolute Gasteiger partial charge is 0.467 e. The van der Waals surface area contributed by atoms with Gasteiger partial charge in [0.1, 0.15) is 18.1 Å². The number of nitrogens with zero attached hydrogens (tertiary/aromatic N) is 3. The Hall–Kier alpha value is -3.74. The van der Waals surface area contributed by atoms with Crippen LogP contribution in [0.25, 0.3) is 10.9 Å². The first-order chi connectivity index (χ1) is 12.7. The van der Waals surface area contributed by atoms with Crippen molar-refractivity contribution in [2.24, 2.45) is 0 Å². The van der Waals surface area contributed by atoms with E-state index in [2.05, 4.69) is 20.3 Å². The van der Waals surface area contributed by atoms with Crippen molar-refractivity contribution >= 4 is 22.5 Å². The first kappa shape index (κ1) is 15.8. The summed E-state index contributed by atoms with van der Waals surface area (Å²) in [4.78, 5) is 24.9. The third-order valence-corrected chi connectivity index (χ3v) is 4.00. The van der Waals surface area contributed by atoms with Crippen molar-refractivity contribution in [3.05, 3.63) is 84.5 Å². The molecule has 128 valence electrons. The van der Waals surface area contributed by atoms with Gasteiger partial charge in [-0.25, -0.2) is 9.97 Å². The molecule has 0 saturated heterocycles. The van der Waals surface area contributed by atoms with E-state index < -0.39 is 6.04 Å². The highest BCUT2D eigenvalue weighted by molar-refractivity contribution is 5.94. The second-order valence-corrected chi connectivity index (χ2v) is 5.74. The van der Waals surface area contributed by atoms with E-state index in [1.165, 1.54) is 18.7 Å². The number of nitrogens with one attached hydrogen (secondary N) is 1. The summed E-state index contributed by atoms with van der Waals surface area (Å²) in [5.41, 5.74) is 8.33. The fraction of sp³-hybridized carbons (Fsp3) is 0.0526. The summed E-state index contributed by atoms with van der Waals surface area (Å²) in [6.07, 6.45) is 7.46. The Labute approximate surface area is 148 Å². The van der Waals surface area contributed by atoms with Gasteiger partial charge in [0.2, 0.25) is 0 Å². The molecule has 1 aromatic carbocycles. The SMILES string of the molecule is Nc1cnc2c(C(NC(=O)c3cncnc3)c3ccco3)cccc2c1. The molecule has 7 heteroatoms. The molecular weight excluding hydrogens is 330 g/mol. The zero-order valence-corrected chi connectivity index (χ0v) is 13.7. The van der Waals surface area contributed by atoms with Crippen molar-refractivity contribution in [3.8, 4) is 0 Å². The summed E-state index contributed by atoms with van der Waals surface area (Å²) in [5, 5.41) is 3.86. The van der Waals surface area contributed by atoms with Gasteiger partial charge < -0.3 is 15.5 Å². The van der Waals surface area contributed by atoms with Gasteiger partial charge in [0.05, 0.1) is 29.2 Å². The van der Waals surface area contributed by atoms with E-state index in [4.69, 9.17) is 10.2 Å². The number of fused-ring (bicyclic) bond motifs is 1. The van der Waals surface area contributed by atoms with Gasteiger partial charge in [0.15, 0.2) is 0 Å². The van der Waals surface area contributed by atoms with Crippen molar-refractivity contribution in [2.75, 3.05) is 5.73 Å². The van der Waals surface area contributed by atoms with E-state index >= 15 is 0 Å². The number of carbonyl (C=O) groups is 1. The monoisotopic (exact) mass is 345 g/mol. The van der Waals surface area contributed by atoms with E-state index in [-0.39, 0.29) is 5.91 Å². The van der Waals surface area contributed by atoms with Crippen LogP contribution in [-0.2, 0) is 0 Å². The lowest BCUT2D eigenvalue weighted by molar-refractivity contribution is 0.0938. The lowest BCUT2D eigenvalue weighted by Crippen LogP contribution is -2.29. The van der Waals surface area contributed by atoms with Gasteiger partial charge in [0.25, 0.3) is 5.91 Å². The number of nitrogen functional groups attached to an aromatic ring is 1. The first-order valence-corrected chi connectivity index (χ1v) is 7.96. The lowest BCUT2D eigenvalue weighted by Gasteiger charge is -2.18. The van der Waals surface area contributed by atoms with Crippen LogP contribution in [0.2, 0.25) is 0 Å². The number of anilines is 1. The number of amides is 1. The maximum Gasteiger partial charge on any atom is 0.255 e. The molecule has 0 radical (unpaired) electrons. The Morgan fingerprint density at radius 1 is 1.12 bits per heavy atom. The molecule has 0 spiro atoms. The van der Waals surface area contributed by atoms with Crippen LogP contribution >= 0.6 is 0 Å². The predicted octanol–water partition coefficient (Wildman–Crippen LogP) is 2.72. The highest BCUT2D eigenvalue weighted by atomic mass is 16.3. The molecule has 0 fully saturated rings. The zero-order chi connectivity index (χ0) is 17.9. The second-order valence-electron chi connectivity index (χ2n) is 5.74. The van der Waals surface area contributed by atoms with Gasteiger partial charge in [-0.05, 0) is 18.2 Å². The Kier molecular flexibility index (Phi) is 4.03. The van der Waals surface area contributed by atoms with Gasteiger partial charge in [0, 0.05) is 23.3 Å². The quantitative estimate of drug-likeness (QED) is 0.589. The Balaban J connectivity index is 1.79. The first-order valence-electron chi connectivity index (χ1n) is 7.96. The maximum absolute atomic E-state index is 12.6. The highest BCUT2D eigenvalue weighted by Crippen LogP contribution is 2.29. The van der Waals surface area contributed by atoms with Crippen molar-refractivity contribution in [1.29, 1.82) is 0 Å². The summed E-state index contributed by atoms with van der Waals surface area (Å²) in [5.74, 6) is 0.292. The third-order valence-electron chi connectivity index (χ3n) is 4.00. The number of aromatic nitrogens is 3. The second kappa shape index (κ2) is 6.64. The van der Waals surface area contributed by atoms with Gasteiger partial charge in [-0.1, -0.05) is 18.2 Å². The normalized spacial score (nSPS) is 12.0. The molecule has 0 saturated carbocycles. The molecule has 26 heavy (non-hydrogen) atoms. The van der Waals surface area contributed by atoms with E-state index in [9.17, 15) is 4.79 Å². The lowest BCUT2D eigenvalue weighted by atomic mass is 10.00. The summed E-state index contributed by atoms with van der Waals surface area (Å²) < 4.78 is 5.56. The van der Waals surface area contributed by atoms with Crippen LogP contribution in [0.1, 0.15) is 27.7 Å². The van der Waals surface area contributed by atoms with Crippen LogP contribution in [0.5, 0.6) is 0 Å². The smallest absolute Gasteiger partial charge is 0.255 e. The molecule has 0 bridgehead atoms. The third kappa shape index (κ3) is 2.98. The van der Waals surface area contributed by atoms with Crippen molar-refractivity contribution < 1.29 is 9.21 Å². The minimum atomic E-state index is -0.516. The molecule has 0 aliphatic heterocycles. The molecule has 1 unspecified atom stereocenters. The van der Waals surface area contributed by atoms with Crippen LogP contribution < -0.4 is 11.1 Å². The van der Waals surface area contributed by atoms with Gasteiger partial charge >= 0.3 is 0 Å². The average Bonchev–Trinajstić information content (AvgIpc) is 3.20. The van der Waals surface area contributed by atoms with Crippen LogP contribution in [0.15, 0.2) is 72.0 Å². The molecular formula is C19H15N5O2. The highest BCUT2D eigenvalue weighted by Gasteiger charge is 2.23. The molecule has 1 amide bonds. The van der Waals surface area contributed by atoms with Crippen molar-refractivity contribution in [3.63, 3.8) is 0 Å². The number of para-hydroxylation sites is 1. The fourth-order valence-electron chi connectivity index (χ4n) is 2.82. The van der Waals surface area contributed by atoms with Gasteiger partial charge in [-0.3, -0.25) is 9.78 Å². The number of carbonyl (C=O) groups excluding carboxylic acids is 1. The average molecular weight is 345 g/mol. The van der Waals surface area contributed by atoms with Crippen LogP contribution in [0.3, 0.4) is 0 Å². The zero-order valence-electron chi connectivity index (χ0n) is 13.7. The molecule has 7 nitrogen and oxygen atoms in total. The molecule has 3 aromatic heterocycles. The number of hydrogen-bond donors (Lipinski definition) is 2. The van der Waals surface area contributed by atoms with E-state index in [1.54, 1.807) is 18.5 Å². The number of nitrogens with two attached hydrogens (primary N) is 1. The van der Waals surface area contributed by atoms with Crippen molar-refractivity contribution in [2.45, 2.75) is 6.04 Å². The summed E-state index contributed by atoms with van der Waals surface area (Å²) in [6.45, 7) is 0.